The van der Waals surface area contributed by atoms with E-state index in [0.29, 0.717) is 11.6 Å². The van der Waals surface area contributed by atoms with Crippen molar-refractivity contribution in [2.24, 2.45) is 0 Å². The Balaban J connectivity index is 2.08. The van der Waals surface area contributed by atoms with Gasteiger partial charge in [0, 0.05) is 11.1 Å². The topological polar surface area (TPSA) is 46.6 Å². The molecule has 1 aromatic rings. The fourth-order valence-electron chi connectivity index (χ4n) is 1.45. The standard InChI is InChI=1S/C12H10ClNO3/c13-10-4-2-1-3-9(10)5-6-11(15)14-7-8-17-12(14)16/h1-6H,7-8H2/b6-5+. The first-order chi connectivity index (χ1) is 8.18. The molecular formula is C12H10ClNO3. The second-order valence-electron chi connectivity index (χ2n) is 3.46. The first-order valence-corrected chi connectivity index (χ1v) is 5.47. The van der Waals surface area contributed by atoms with E-state index >= 15 is 0 Å². The van der Waals surface area contributed by atoms with Crippen LogP contribution in [-0.4, -0.2) is 30.1 Å². The number of nitrogens with zero attached hydrogens (tertiary/aromatic N) is 1. The number of cyclic esters (lactones) is 1. The summed E-state index contributed by atoms with van der Waals surface area (Å²) in [6, 6.07) is 7.14. The Hall–Kier alpha value is -1.81. The third-order valence-corrected chi connectivity index (χ3v) is 2.68. The number of hydrogen-bond acceptors (Lipinski definition) is 3. The summed E-state index contributed by atoms with van der Waals surface area (Å²) in [5, 5.41) is 0.556. The maximum absolute atomic E-state index is 11.6. The normalized spacial score (nSPS) is 15.4. The van der Waals surface area contributed by atoms with Gasteiger partial charge in [-0.3, -0.25) is 4.79 Å². The second-order valence-corrected chi connectivity index (χ2v) is 3.87. The van der Waals surface area contributed by atoms with Crippen molar-refractivity contribution >= 4 is 29.7 Å². The van der Waals surface area contributed by atoms with Crippen LogP contribution in [0.4, 0.5) is 4.79 Å². The first kappa shape index (κ1) is 11.7. The summed E-state index contributed by atoms with van der Waals surface area (Å²) in [5.41, 5.74) is 0.732. The summed E-state index contributed by atoms with van der Waals surface area (Å²) in [6.07, 6.45) is 2.29. The fourth-order valence-corrected chi connectivity index (χ4v) is 1.65. The van der Waals surface area contributed by atoms with Crippen molar-refractivity contribution in [1.29, 1.82) is 0 Å². The van der Waals surface area contributed by atoms with E-state index in [4.69, 9.17) is 11.6 Å². The fraction of sp³-hybridized carbons (Fsp3) is 0.167. The molecule has 0 unspecified atom stereocenters. The van der Waals surface area contributed by atoms with Crippen molar-refractivity contribution in [3.05, 3.63) is 40.9 Å². The molecule has 0 atom stereocenters. The van der Waals surface area contributed by atoms with Crippen LogP contribution < -0.4 is 0 Å². The molecule has 1 aromatic carbocycles. The van der Waals surface area contributed by atoms with Gasteiger partial charge in [-0.25, -0.2) is 9.69 Å². The van der Waals surface area contributed by atoms with Gasteiger partial charge < -0.3 is 4.74 Å². The predicted octanol–water partition coefficient (Wildman–Crippen LogP) is 2.33. The zero-order valence-electron chi connectivity index (χ0n) is 8.93. The highest BCUT2D eigenvalue weighted by atomic mass is 35.5. The van der Waals surface area contributed by atoms with Gasteiger partial charge in [-0.15, -0.1) is 0 Å². The zero-order chi connectivity index (χ0) is 12.3. The van der Waals surface area contributed by atoms with E-state index in [1.165, 1.54) is 6.08 Å². The summed E-state index contributed by atoms with van der Waals surface area (Å²) in [5.74, 6) is -0.396. The molecule has 1 fully saturated rings. The third kappa shape index (κ3) is 2.65. The molecule has 0 aromatic heterocycles. The summed E-state index contributed by atoms with van der Waals surface area (Å²) in [6.45, 7) is 0.551. The lowest BCUT2D eigenvalue weighted by Crippen LogP contribution is -2.29. The SMILES string of the molecule is O=C(/C=C/c1ccccc1Cl)N1CCOC1=O. The van der Waals surface area contributed by atoms with Crippen molar-refractivity contribution < 1.29 is 14.3 Å². The van der Waals surface area contributed by atoms with Crippen molar-refractivity contribution in [2.75, 3.05) is 13.2 Å². The molecule has 0 aliphatic carbocycles. The molecule has 0 N–H and O–H groups in total. The molecular weight excluding hydrogens is 242 g/mol. The molecule has 2 rings (SSSR count). The second kappa shape index (κ2) is 5.01. The van der Waals surface area contributed by atoms with Crippen molar-refractivity contribution in [2.45, 2.75) is 0 Å². The summed E-state index contributed by atoms with van der Waals surface area (Å²) in [4.78, 5) is 23.8. The van der Waals surface area contributed by atoms with Crippen LogP contribution in [0.15, 0.2) is 30.3 Å². The van der Waals surface area contributed by atoms with E-state index in [9.17, 15) is 9.59 Å². The quantitative estimate of drug-likeness (QED) is 0.758. The molecule has 0 spiro atoms. The van der Waals surface area contributed by atoms with Crippen LogP contribution in [0, 0.1) is 0 Å². The molecule has 2 amide bonds. The maximum Gasteiger partial charge on any atom is 0.416 e. The number of hydrogen-bond donors (Lipinski definition) is 0. The number of benzene rings is 1. The predicted molar refractivity (Wildman–Crippen MR) is 63.5 cm³/mol. The molecule has 0 bridgehead atoms. The Bertz CT molecular complexity index is 484. The maximum atomic E-state index is 11.6. The highest BCUT2D eigenvalue weighted by Gasteiger charge is 2.26. The van der Waals surface area contributed by atoms with Crippen LogP contribution in [-0.2, 0) is 9.53 Å². The van der Waals surface area contributed by atoms with Crippen LogP contribution in [0.5, 0.6) is 0 Å². The van der Waals surface area contributed by atoms with Crippen LogP contribution in [0.25, 0.3) is 6.08 Å². The lowest BCUT2D eigenvalue weighted by Gasteiger charge is -2.06. The molecule has 88 valence electrons. The van der Waals surface area contributed by atoms with E-state index in [0.717, 1.165) is 10.5 Å². The summed E-state index contributed by atoms with van der Waals surface area (Å²) >= 11 is 5.93. The Morgan fingerprint density at radius 2 is 2.18 bits per heavy atom. The number of carbonyl (C=O) groups excluding carboxylic acids is 2. The molecule has 1 aliphatic rings. The average molecular weight is 252 g/mol. The van der Waals surface area contributed by atoms with Crippen molar-refractivity contribution in [3.63, 3.8) is 0 Å². The lowest BCUT2D eigenvalue weighted by molar-refractivity contribution is -0.122. The Labute approximate surface area is 103 Å². The molecule has 1 heterocycles. The van der Waals surface area contributed by atoms with Gasteiger partial charge in [0.25, 0.3) is 5.91 Å². The van der Waals surface area contributed by atoms with Crippen LogP contribution in [0.3, 0.4) is 0 Å². The largest absolute Gasteiger partial charge is 0.447 e. The number of ether oxygens (including phenoxy) is 1. The number of imide groups is 1. The van der Waals surface area contributed by atoms with Crippen LogP contribution in [0.2, 0.25) is 5.02 Å². The van der Waals surface area contributed by atoms with Gasteiger partial charge in [0.05, 0.1) is 6.54 Å². The number of rotatable bonds is 2. The molecule has 1 saturated heterocycles. The summed E-state index contributed by atoms with van der Waals surface area (Å²) in [7, 11) is 0. The van der Waals surface area contributed by atoms with Gasteiger partial charge in [-0.05, 0) is 17.7 Å². The van der Waals surface area contributed by atoms with E-state index in [2.05, 4.69) is 4.74 Å². The van der Waals surface area contributed by atoms with E-state index in [1.807, 2.05) is 6.07 Å². The number of amides is 2. The van der Waals surface area contributed by atoms with Crippen molar-refractivity contribution in [3.8, 4) is 0 Å². The summed E-state index contributed by atoms with van der Waals surface area (Å²) < 4.78 is 4.67. The zero-order valence-corrected chi connectivity index (χ0v) is 9.68. The van der Waals surface area contributed by atoms with Gasteiger partial charge in [-0.1, -0.05) is 29.8 Å². The molecule has 1 aliphatic heterocycles. The van der Waals surface area contributed by atoms with E-state index < -0.39 is 12.0 Å². The van der Waals surface area contributed by atoms with E-state index in [-0.39, 0.29) is 6.61 Å². The van der Waals surface area contributed by atoms with Crippen LogP contribution >= 0.6 is 11.6 Å². The Kier molecular flexibility index (Phi) is 3.44. The minimum absolute atomic E-state index is 0.254. The lowest BCUT2D eigenvalue weighted by atomic mass is 10.2. The number of carbonyl (C=O) groups is 2. The molecule has 17 heavy (non-hydrogen) atoms. The molecule has 5 heteroatoms. The number of halogens is 1. The van der Waals surface area contributed by atoms with Gasteiger partial charge in [-0.2, -0.15) is 0 Å². The van der Waals surface area contributed by atoms with Gasteiger partial charge in [0.2, 0.25) is 0 Å². The molecule has 4 nitrogen and oxygen atoms in total. The minimum atomic E-state index is -0.598. The monoisotopic (exact) mass is 251 g/mol. The van der Waals surface area contributed by atoms with Gasteiger partial charge in [0.1, 0.15) is 6.61 Å². The van der Waals surface area contributed by atoms with Crippen LogP contribution in [0.1, 0.15) is 5.56 Å². The first-order valence-electron chi connectivity index (χ1n) is 5.09. The highest BCUT2D eigenvalue weighted by molar-refractivity contribution is 6.32. The highest BCUT2D eigenvalue weighted by Crippen LogP contribution is 2.16. The molecule has 0 radical (unpaired) electrons. The smallest absolute Gasteiger partial charge is 0.416 e. The van der Waals surface area contributed by atoms with Gasteiger partial charge >= 0.3 is 6.09 Å². The molecule has 0 saturated carbocycles. The Morgan fingerprint density at radius 1 is 1.41 bits per heavy atom. The third-order valence-electron chi connectivity index (χ3n) is 2.34. The minimum Gasteiger partial charge on any atom is -0.447 e. The van der Waals surface area contributed by atoms with E-state index in [1.54, 1.807) is 24.3 Å². The Morgan fingerprint density at radius 3 is 2.82 bits per heavy atom. The van der Waals surface area contributed by atoms with Crippen molar-refractivity contribution in [1.82, 2.24) is 4.90 Å². The average Bonchev–Trinajstić information content (AvgIpc) is 2.74. The van der Waals surface area contributed by atoms with Gasteiger partial charge in [0.15, 0.2) is 0 Å².